The predicted octanol–water partition coefficient (Wildman–Crippen LogP) is 3.93. The number of allylic oxidation sites excluding steroid dienone is 1. The van der Waals surface area contributed by atoms with E-state index in [0.717, 1.165) is 24.0 Å². The van der Waals surface area contributed by atoms with Crippen molar-refractivity contribution in [3.63, 3.8) is 0 Å². The smallest absolute Gasteiger partial charge is 0.314 e. The molecule has 24 heavy (non-hydrogen) atoms. The molecule has 0 aromatic heterocycles. The lowest BCUT2D eigenvalue weighted by atomic mass is 10.1. The zero-order valence-corrected chi connectivity index (χ0v) is 13.2. The van der Waals surface area contributed by atoms with Gasteiger partial charge >= 0.3 is 5.97 Å². The van der Waals surface area contributed by atoms with E-state index in [1.165, 1.54) is 0 Å². The molecule has 1 aliphatic heterocycles. The average molecular weight is 320 g/mol. The van der Waals surface area contributed by atoms with Crippen LogP contribution in [0.1, 0.15) is 34.3 Å². The summed E-state index contributed by atoms with van der Waals surface area (Å²) in [6.45, 7) is 1.99. The molecular weight excluding hydrogens is 304 g/mol. The van der Waals surface area contributed by atoms with Crippen LogP contribution in [0.15, 0.2) is 48.2 Å². The Balaban J connectivity index is 1.58. The van der Waals surface area contributed by atoms with E-state index < -0.39 is 0 Å². The number of carbonyl (C=O) groups excluding carboxylic acids is 2. The summed E-state index contributed by atoms with van der Waals surface area (Å²) < 4.78 is 11.0. The fourth-order valence-corrected chi connectivity index (χ4v) is 2.66. The standard InChI is InChI=1S/C20H16O4/c1-12-3-2-4-13(9-12)10-18-19(21)16-8-7-15(11-17(16)24-18)23-20(22)14-5-6-14/h2-4,7-11,14H,5-6H2,1H3. The molecule has 1 aliphatic carbocycles. The first-order chi connectivity index (χ1) is 11.6. The number of ether oxygens (including phenoxy) is 2. The quantitative estimate of drug-likeness (QED) is 0.488. The van der Waals surface area contributed by atoms with Gasteiger partial charge < -0.3 is 9.47 Å². The summed E-state index contributed by atoms with van der Waals surface area (Å²) in [5.41, 5.74) is 2.51. The summed E-state index contributed by atoms with van der Waals surface area (Å²) in [4.78, 5) is 24.2. The molecule has 0 spiro atoms. The first kappa shape index (κ1) is 14.7. The molecule has 4 rings (SSSR count). The van der Waals surface area contributed by atoms with E-state index in [9.17, 15) is 9.59 Å². The molecule has 4 nitrogen and oxygen atoms in total. The Bertz CT molecular complexity index is 875. The van der Waals surface area contributed by atoms with Crippen LogP contribution >= 0.6 is 0 Å². The van der Waals surface area contributed by atoms with Gasteiger partial charge in [-0.3, -0.25) is 9.59 Å². The van der Waals surface area contributed by atoms with E-state index >= 15 is 0 Å². The number of hydrogen-bond acceptors (Lipinski definition) is 4. The second kappa shape index (κ2) is 5.64. The Hall–Kier alpha value is -2.88. The lowest BCUT2D eigenvalue weighted by Crippen LogP contribution is -2.09. The third kappa shape index (κ3) is 2.83. The van der Waals surface area contributed by atoms with Crippen LogP contribution in [-0.2, 0) is 4.79 Å². The first-order valence-corrected chi connectivity index (χ1v) is 7.97. The van der Waals surface area contributed by atoms with Gasteiger partial charge in [-0.05, 0) is 43.5 Å². The number of ketones is 1. The maximum absolute atomic E-state index is 12.4. The van der Waals surface area contributed by atoms with Crippen LogP contribution in [0.3, 0.4) is 0 Å². The van der Waals surface area contributed by atoms with Gasteiger partial charge in [-0.15, -0.1) is 0 Å². The molecule has 120 valence electrons. The Kier molecular flexibility index (Phi) is 3.45. The largest absolute Gasteiger partial charge is 0.452 e. The van der Waals surface area contributed by atoms with Crippen molar-refractivity contribution in [2.45, 2.75) is 19.8 Å². The van der Waals surface area contributed by atoms with Crippen molar-refractivity contribution in [3.8, 4) is 11.5 Å². The second-order valence-electron chi connectivity index (χ2n) is 6.21. The van der Waals surface area contributed by atoms with E-state index in [4.69, 9.17) is 9.47 Å². The van der Waals surface area contributed by atoms with Gasteiger partial charge in [0.1, 0.15) is 11.5 Å². The zero-order valence-electron chi connectivity index (χ0n) is 13.2. The van der Waals surface area contributed by atoms with E-state index in [0.29, 0.717) is 17.1 Å². The maximum Gasteiger partial charge on any atom is 0.314 e. The first-order valence-electron chi connectivity index (χ1n) is 7.97. The molecule has 0 radical (unpaired) electrons. The van der Waals surface area contributed by atoms with Crippen LogP contribution < -0.4 is 9.47 Å². The highest BCUT2D eigenvalue weighted by molar-refractivity contribution is 6.14. The minimum Gasteiger partial charge on any atom is -0.452 e. The van der Waals surface area contributed by atoms with Crippen LogP contribution in [-0.4, -0.2) is 11.8 Å². The number of esters is 1. The summed E-state index contributed by atoms with van der Waals surface area (Å²) in [6, 6.07) is 12.7. The van der Waals surface area contributed by atoms with Gasteiger partial charge in [-0.25, -0.2) is 0 Å². The highest BCUT2D eigenvalue weighted by Gasteiger charge is 2.32. The summed E-state index contributed by atoms with van der Waals surface area (Å²) in [6.07, 6.45) is 3.51. The normalized spacial score (nSPS) is 17.5. The molecule has 1 fully saturated rings. The number of aryl methyl sites for hydroxylation is 1. The highest BCUT2D eigenvalue weighted by Crippen LogP contribution is 2.36. The fraction of sp³-hybridized carbons (Fsp3) is 0.200. The molecule has 0 saturated heterocycles. The molecule has 2 aromatic rings. The Labute approximate surface area is 139 Å². The number of fused-ring (bicyclic) bond motifs is 1. The number of carbonyl (C=O) groups is 2. The Morgan fingerprint density at radius 3 is 2.79 bits per heavy atom. The Morgan fingerprint density at radius 1 is 1.21 bits per heavy atom. The third-order valence-corrected chi connectivity index (χ3v) is 4.11. The van der Waals surface area contributed by atoms with Crippen LogP contribution in [0.5, 0.6) is 11.5 Å². The second-order valence-corrected chi connectivity index (χ2v) is 6.21. The minimum atomic E-state index is -0.213. The van der Waals surface area contributed by atoms with Gasteiger partial charge in [0, 0.05) is 6.07 Å². The monoisotopic (exact) mass is 320 g/mol. The molecule has 1 heterocycles. The molecule has 0 N–H and O–H groups in total. The third-order valence-electron chi connectivity index (χ3n) is 4.11. The minimum absolute atomic E-state index is 0.0255. The van der Waals surface area contributed by atoms with Gasteiger partial charge in [0.25, 0.3) is 0 Å². The SMILES string of the molecule is Cc1cccc(C=C2Oc3cc(OC(=O)C4CC4)ccc3C2=O)c1. The fourth-order valence-electron chi connectivity index (χ4n) is 2.66. The van der Waals surface area contributed by atoms with E-state index in [2.05, 4.69) is 0 Å². The lowest BCUT2D eigenvalue weighted by molar-refractivity contribution is -0.135. The molecule has 0 bridgehead atoms. The molecule has 0 amide bonds. The highest BCUT2D eigenvalue weighted by atomic mass is 16.5. The maximum atomic E-state index is 12.4. The van der Waals surface area contributed by atoms with Crippen molar-refractivity contribution in [2.24, 2.45) is 5.92 Å². The van der Waals surface area contributed by atoms with Crippen molar-refractivity contribution in [1.29, 1.82) is 0 Å². The van der Waals surface area contributed by atoms with E-state index in [1.807, 2.05) is 31.2 Å². The molecule has 1 saturated carbocycles. The number of hydrogen-bond donors (Lipinski definition) is 0. The summed E-state index contributed by atoms with van der Waals surface area (Å²) in [5.74, 6) is 0.774. The van der Waals surface area contributed by atoms with Gasteiger partial charge in [0.15, 0.2) is 5.76 Å². The molecular formula is C20H16O4. The van der Waals surface area contributed by atoms with Crippen LogP contribution in [0.25, 0.3) is 6.08 Å². The Morgan fingerprint density at radius 2 is 2.04 bits per heavy atom. The number of benzene rings is 2. The molecule has 0 unspecified atom stereocenters. The number of Topliss-reactive ketones (excluding diaryl/α,β-unsaturated/α-hetero) is 1. The van der Waals surface area contributed by atoms with Gasteiger partial charge in [0.2, 0.25) is 5.78 Å². The zero-order chi connectivity index (χ0) is 16.7. The lowest BCUT2D eigenvalue weighted by Gasteiger charge is -2.04. The van der Waals surface area contributed by atoms with Crippen molar-refractivity contribution in [1.82, 2.24) is 0 Å². The molecule has 4 heteroatoms. The number of rotatable bonds is 3. The topological polar surface area (TPSA) is 52.6 Å². The van der Waals surface area contributed by atoms with Crippen molar-refractivity contribution < 1.29 is 19.1 Å². The molecule has 2 aromatic carbocycles. The predicted molar refractivity (Wildman–Crippen MR) is 88.9 cm³/mol. The van der Waals surface area contributed by atoms with Crippen LogP contribution in [0.2, 0.25) is 0 Å². The van der Waals surface area contributed by atoms with Crippen molar-refractivity contribution in [2.75, 3.05) is 0 Å². The van der Waals surface area contributed by atoms with Crippen molar-refractivity contribution in [3.05, 3.63) is 64.9 Å². The summed E-state index contributed by atoms with van der Waals surface area (Å²) >= 11 is 0. The van der Waals surface area contributed by atoms with Gasteiger partial charge in [-0.1, -0.05) is 29.8 Å². The van der Waals surface area contributed by atoms with Crippen LogP contribution in [0, 0.1) is 12.8 Å². The summed E-state index contributed by atoms with van der Waals surface area (Å²) in [7, 11) is 0. The van der Waals surface area contributed by atoms with E-state index in [-0.39, 0.29) is 23.4 Å². The molecule has 0 atom stereocenters. The molecule has 2 aliphatic rings. The van der Waals surface area contributed by atoms with Crippen molar-refractivity contribution >= 4 is 17.8 Å². The van der Waals surface area contributed by atoms with E-state index in [1.54, 1.807) is 24.3 Å². The summed E-state index contributed by atoms with van der Waals surface area (Å²) in [5, 5.41) is 0. The van der Waals surface area contributed by atoms with Gasteiger partial charge in [-0.2, -0.15) is 0 Å². The van der Waals surface area contributed by atoms with Gasteiger partial charge in [0.05, 0.1) is 11.5 Å². The van der Waals surface area contributed by atoms with Crippen LogP contribution in [0.4, 0.5) is 0 Å². The average Bonchev–Trinajstić information content (AvgIpc) is 3.35.